The summed E-state index contributed by atoms with van der Waals surface area (Å²) in [5, 5.41) is 0. The van der Waals surface area contributed by atoms with Crippen molar-refractivity contribution in [2.45, 2.75) is 64.7 Å². The van der Waals surface area contributed by atoms with Gasteiger partial charge in [-0.3, -0.25) is 19.8 Å². The molecule has 34 heavy (non-hydrogen) atoms. The van der Waals surface area contributed by atoms with E-state index in [1.54, 1.807) is 24.5 Å². The number of aromatic nitrogens is 2. The Morgan fingerprint density at radius 1 is 0.824 bits per heavy atom. The van der Waals surface area contributed by atoms with Gasteiger partial charge in [-0.15, -0.1) is 0 Å². The first-order valence-corrected chi connectivity index (χ1v) is 12.3. The van der Waals surface area contributed by atoms with Gasteiger partial charge in [0.15, 0.2) is 0 Å². The third-order valence-electron chi connectivity index (χ3n) is 6.66. The van der Waals surface area contributed by atoms with Crippen LogP contribution >= 0.6 is 0 Å². The molecule has 0 radical (unpaired) electrons. The second kappa shape index (κ2) is 11.5. The maximum atomic E-state index is 12.1. The van der Waals surface area contributed by atoms with Crippen LogP contribution in [-0.4, -0.2) is 70.1 Å². The molecule has 0 aliphatic carbocycles. The number of carbonyl (C=O) groups is 2. The van der Waals surface area contributed by atoms with Crippen LogP contribution in [0, 0.1) is 0 Å². The molecular weight excluding hydrogens is 432 g/mol. The highest BCUT2D eigenvalue weighted by molar-refractivity contribution is 5.89. The van der Waals surface area contributed by atoms with Crippen LogP contribution in [0.5, 0.6) is 0 Å². The van der Waals surface area contributed by atoms with E-state index in [0.29, 0.717) is 36.4 Å². The third-order valence-corrected chi connectivity index (χ3v) is 6.66. The lowest BCUT2D eigenvalue weighted by molar-refractivity contribution is 0.0516. The second-order valence-corrected chi connectivity index (χ2v) is 8.87. The number of nitrogens with zero attached hydrogens (tertiary/aromatic N) is 4. The molecule has 0 aromatic carbocycles. The van der Waals surface area contributed by atoms with Crippen LogP contribution < -0.4 is 0 Å². The van der Waals surface area contributed by atoms with Crippen molar-refractivity contribution in [1.29, 1.82) is 0 Å². The molecule has 2 aliphatic rings. The Hall–Kier alpha value is -2.84. The molecule has 4 rings (SSSR count). The fourth-order valence-corrected chi connectivity index (χ4v) is 5.20. The Labute approximate surface area is 201 Å². The maximum Gasteiger partial charge on any atom is 0.338 e. The zero-order valence-electron chi connectivity index (χ0n) is 20.1. The zero-order valence-corrected chi connectivity index (χ0v) is 20.1. The van der Waals surface area contributed by atoms with E-state index < -0.39 is 0 Å². The normalized spacial score (nSPS) is 21.0. The topological polar surface area (TPSA) is 84.9 Å². The summed E-state index contributed by atoms with van der Waals surface area (Å²) in [6.45, 7) is 7.83. The van der Waals surface area contributed by atoms with E-state index in [1.165, 1.54) is 0 Å². The van der Waals surface area contributed by atoms with E-state index >= 15 is 0 Å². The van der Waals surface area contributed by atoms with Crippen molar-refractivity contribution in [3.05, 3.63) is 59.2 Å². The van der Waals surface area contributed by atoms with Crippen molar-refractivity contribution in [3.8, 4) is 0 Å². The summed E-state index contributed by atoms with van der Waals surface area (Å²) in [5.74, 6) is -0.604. The van der Waals surface area contributed by atoms with Crippen LogP contribution in [0.1, 0.15) is 71.6 Å². The van der Waals surface area contributed by atoms with Crippen LogP contribution in [-0.2, 0) is 22.6 Å². The molecule has 182 valence electrons. The molecule has 0 bridgehead atoms. The summed E-state index contributed by atoms with van der Waals surface area (Å²) in [6, 6.07) is 7.99. The molecule has 4 heterocycles. The molecule has 0 spiro atoms. The Bertz CT molecular complexity index is 919. The van der Waals surface area contributed by atoms with Crippen molar-refractivity contribution in [2.24, 2.45) is 0 Å². The number of ether oxygens (including phenoxy) is 2. The van der Waals surface area contributed by atoms with E-state index in [2.05, 4.69) is 19.8 Å². The molecule has 0 saturated carbocycles. The Kier molecular flexibility index (Phi) is 8.24. The Morgan fingerprint density at radius 3 is 1.68 bits per heavy atom. The lowest BCUT2D eigenvalue weighted by Gasteiger charge is -2.35. The molecule has 2 aromatic heterocycles. The van der Waals surface area contributed by atoms with Gasteiger partial charge < -0.3 is 9.47 Å². The molecule has 0 N–H and O–H groups in total. The molecule has 0 amide bonds. The van der Waals surface area contributed by atoms with Gasteiger partial charge >= 0.3 is 11.9 Å². The minimum atomic E-state index is -0.302. The quantitative estimate of drug-likeness (QED) is 0.520. The van der Waals surface area contributed by atoms with Crippen LogP contribution in [0.25, 0.3) is 0 Å². The van der Waals surface area contributed by atoms with E-state index in [9.17, 15) is 9.59 Å². The van der Waals surface area contributed by atoms with Gasteiger partial charge in [-0.1, -0.05) is 0 Å². The lowest BCUT2D eigenvalue weighted by atomic mass is 10.0. The monoisotopic (exact) mass is 466 g/mol. The van der Waals surface area contributed by atoms with Gasteiger partial charge in [0.1, 0.15) is 0 Å². The minimum absolute atomic E-state index is 0.302. The Morgan fingerprint density at radius 2 is 1.26 bits per heavy atom. The van der Waals surface area contributed by atoms with Crippen molar-refractivity contribution < 1.29 is 19.1 Å². The van der Waals surface area contributed by atoms with Gasteiger partial charge in [-0.2, -0.15) is 0 Å². The molecule has 2 saturated heterocycles. The van der Waals surface area contributed by atoms with Crippen LogP contribution in [0.4, 0.5) is 0 Å². The van der Waals surface area contributed by atoms with Crippen LogP contribution in [0.15, 0.2) is 36.7 Å². The lowest BCUT2D eigenvalue weighted by Crippen LogP contribution is -2.45. The van der Waals surface area contributed by atoms with Gasteiger partial charge in [0.2, 0.25) is 0 Å². The number of rotatable bonds is 9. The van der Waals surface area contributed by atoms with Crippen molar-refractivity contribution >= 4 is 11.9 Å². The van der Waals surface area contributed by atoms with Gasteiger partial charge in [0.25, 0.3) is 0 Å². The smallest absolute Gasteiger partial charge is 0.338 e. The number of likely N-dealkylation sites (tertiary alicyclic amines) is 2. The van der Waals surface area contributed by atoms with Crippen molar-refractivity contribution in [2.75, 3.05) is 26.3 Å². The number of carbonyl (C=O) groups excluding carboxylic acids is 2. The first-order chi connectivity index (χ1) is 16.6. The maximum absolute atomic E-state index is 12.1. The predicted octanol–water partition coefficient (Wildman–Crippen LogP) is 3.46. The summed E-state index contributed by atoms with van der Waals surface area (Å²) in [6.07, 6.45) is 7.99. The molecule has 8 heteroatoms. The van der Waals surface area contributed by atoms with Crippen molar-refractivity contribution in [3.63, 3.8) is 0 Å². The van der Waals surface area contributed by atoms with E-state index in [-0.39, 0.29) is 11.9 Å². The summed E-state index contributed by atoms with van der Waals surface area (Å²) in [7, 11) is 0. The number of esters is 2. The standard InChI is InChI=1S/C26H34N4O4/c1-3-33-25(31)19-9-11-27-21(15-19)17-29-13-5-7-23(29)24-8-6-14-30(24)18-22-16-20(10-12-28-22)26(32)34-4-2/h9-12,15-16,23-24H,3-8,13-14,17-18H2,1-2H3/t23-,24?/m0/s1. The van der Waals surface area contributed by atoms with Gasteiger partial charge in [-0.25, -0.2) is 9.59 Å². The van der Waals surface area contributed by atoms with E-state index in [0.717, 1.165) is 63.3 Å². The van der Waals surface area contributed by atoms with Gasteiger partial charge in [0.05, 0.1) is 35.7 Å². The minimum Gasteiger partial charge on any atom is -0.462 e. The third kappa shape index (κ3) is 5.80. The number of hydrogen-bond donors (Lipinski definition) is 0. The second-order valence-electron chi connectivity index (χ2n) is 8.87. The van der Waals surface area contributed by atoms with Crippen LogP contribution in [0.3, 0.4) is 0 Å². The van der Waals surface area contributed by atoms with E-state index in [4.69, 9.17) is 9.47 Å². The zero-order chi connectivity index (χ0) is 23.9. The molecule has 2 aliphatic heterocycles. The van der Waals surface area contributed by atoms with E-state index in [1.807, 2.05) is 26.0 Å². The van der Waals surface area contributed by atoms with Gasteiger partial charge in [0, 0.05) is 37.6 Å². The fourth-order valence-electron chi connectivity index (χ4n) is 5.20. The van der Waals surface area contributed by atoms with Crippen molar-refractivity contribution in [1.82, 2.24) is 19.8 Å². The first-order valence-electron chi connectivity index (χ1n) is 12.3. The summed E-state index contributed by atoms with van der Waals surface area (Å²) in [4.78, 5) is 38.3. The highest BCUT2D eigenvalue weighted by Crippen LogP contribution is 2.32. The van der Waals surface area contributed by atoms with Crippen LogP contribution in [0.2, 0.25) is 0 Å². The molecule has 1 unspecified atom stereocenters. The molecule has 2 atom stereocenters. The highest BCUT2D eigenvalue weighted by atomic mass is 16.5. The SMILES string of the molecule is CCOC(=O)c1ccnc(CN2CCCC2[C@@H]2CCCN2Cc2cc(C(=O)OCC)ccn2)c1. The summed E-state index contributed by atoms with van der Waals surface area (Å²) >= 11 is 0. The average Bonchev–Trinajstić information content (AvgIpc) is 3.49. The number of hydrogen-bond acceptors (Lipinski definition) is 8. The molecular formula is C26H34N4O4. The summed E-state index contributed by atoms with van der Waals surface area (Å²) in [5.41, 5.74) is 2.90. The molecule has 2 aromatic rings. The largest absolute Gasteiger partial charge is 0.462 e. The summed E-state index contributed by atoms with van der Waals surface area (Å²) < 4.78 is 10.3. The Balaban J connectivity index is 1.43. The first kappa shape index (κ1) is 24.3. The highest BCUT2D eigenvalue weighted by Gasteiger charge is 2.38. The predicted molar refractivity (Wildman–Crippen MR) is 127 cm³/mol. The molecule has 8 nitrogen and oxygen atoms in total. The average molecular weight is 467 g/mol. The fraction of sp³-hybridized carbons (Fsp3) is 0.538. The molecule has 2 fully saturated rings. The number of pyridine rings is 2. The van der Waals surface area contributed by atoms with Gasteiger partial charge in [-0.05, 0) is 76.9 Å².